The lowest BCUT2D eigenvalue weighted by Gasteiger charge is -2.31. The van der Waals surface area contributed by atoms with E-state index in [1.165, 1.54) is 6.33 Å². The van der Waals surface area contributed by atoms with E-state index in [1.807, 2.05) is 18.2 Å². The lowest BCUT2D eigenvalue weighted by atomic mass is 10.1. The van der Waals surface area contributed by atoms with Crippen molar-refractivity contribution in [2.24, 2.45) is 0 Å². The Morgan fingerprint density at radius 1 is 1.19 bits per heavy atom. The van der Waals surface area contributed by atoms with Gasteiger partial charge in [0.15, 0.2) is 11.5 Å². The Kier molecular flexibility index (Phi) is 6.30. The van der Waals surface area contributed by atoms with Crippen molar-refractivity contribution >= 4 is 6.03 Å². The highest BCUT2D eigenvalue weighted by atomic mass is 16.5. The fraction of sp³-hybridized carbons (Fsp3) is 0.421. The van der Waals surface area contributed by atoms with Gasteiger partial charge in [-0.1, -0.05) is 6.07 Å². The third kappa shape index (κ3) is 4.99. The molecular weight excluding hydrogens is 348 g/mol. The van der Waals surface area contributed by atoms with Crippen molar-refractivity contribution in [3.05, 3.63) is 42.4 Å². The molecule has 0 saturated carbocycles. The number of nitrogens with zero attached hydrogens (tertiary/aromatic N) is 3. The lowest BCUT2D eigenvalue weighted by molar-refractivity contribution is 0.107. The molecule has 2 aromatic rings. The number of benzene rings is 1. The molecule has 1 aromatic carbocycles. The second kappa shape index (κ2) is 9.07. The van der Waals surface area contributed by atoms with Gasteiger partial charge in [0.1, 0.15) is 12.4 Å². The molecule has 0 atom stereocenters. The van der Waals surface area contributed by atoms with Crippen LogP contribution in [-0.2, 0) is 6.54 Å². The summed E-state index contributed by atoms with van der Waals surface area (Å²) in [6.07, 6.45) is 4.72. The average molecular weight is 372 g/mol. The van der Waals surface area contributed by atoms with Crippen molar-refractivity contribution < 1.29 is 19.0 Å². The van der Waals surface area contributed by atoms with Crippen LogP contribution >= 0.6 is 0 Å². The summed E-state index contributed by atoms with van der Waals surface area (Å²) in [4.78, 5) is 22.2. The number of carbonyl (C=O) groups is 1. The maximum absolute atomic E-state index is 12.4. The third-order valence-electron chi connectivity index (χ3n) is 4.46. The second-order valence-corrected chi connectivity index (χ2v) is 6.20. The van der Waals surface area contributed by atoms with E-state index in [-0.39, 0.29) is 12.1 Å². The van der Waals surface area contributed by atoms with Crippen LogP contribution in [-0.4, -0.2) is 54.3 Å². The zero-order chi connectivity index (χ0) is 19.1. The quantitative estimate of drug-likeness (QED) is 0.837. The van der Waals surface area contributed by atoms with E-state index in [1.54, 1.807) is 31.4 Å². The molecule has 0 bridgehead atoms. The van der Waals surface area contributed by atoms with Crippen molar-refractivity contribution in [3.8, 4) is 17.4 Å². The van der Waals surface area contributed by atoms with Gasteiger partial charge in [-0.2, -0.15) is 0 Å². The van der Waals surface area contributed by atoms with Gasteiger partial charge in [-0.25, -0.2) is 14.8 Å². The molecular formula is C19H24N4O4. The van der Waals surface area contributed by atoms with E-state index >= 15 is 0 Å². The molecule has 2 amide bonds. The Balaban J connectivity index is 1.46. The topological polar surface area (TPSA) is 85.8 Å². The Hall–Kier alpha value is -3.03. The summed E-state index contributed by atoms with van der Waals surface area (Å²) in [5, 5.41) is 2.95. The minimum atomic E-state index is -0.0785. The van der Waals surface area contributed by atoms with Crippen LogP contribution in [0.4, 0.5) is 4.79 Å². The first-order valence-electron chi connectivity index (χ1n) is 8.86. The highest BCUT2D eigenvalue weighted by Crippen LogP contribution is 2.27. The number of carbonyl (C=O) groups excluding carboxylic acids is 1. The van der Waals surface area contributed by atoms with Crippen LogP contribution in [0, 0.1) is 0 Å². The monoisotopic (exact) mass is 372 g/mol. The van der Waals surface area contributed by atoms with Gasteiger partial charge in [0.2, 0.25) is 5.88 Å². The lowest BCUT2D eigenvalue weighted by Crippen LogP contribution is -2.46. The van der Waals surface area contributed by atoms with Gasteiger partial charge in [-0.05, 0) is 17.7 Å². The fourth-order valence-electron chi connectivity index (χ4n) is 2.98. The molecule has 1 saturated heterocycles. The van der Waals surface area contributed by atoms with Gasteiger partial charge in [0.25, 0.3) is 0 Å². The molecule has 27 heavy (non-hydrogen) atoms. The fourth-order valence-corrected chi connectivity index (χ4v) is 2.98. The zero-order valence-corrected chi connectivity index (χ0v) is 15.6. The number of piperidine rings is 1. The van der Waals surface area contributed by atoms with Crippen LogP contribution in [0.15, 0.2) is 36.8 Å². The summed E-state index contributed by atoms with van der Waals surface area (Å²) in [5.41, 5.74) is 0.947. The summed E-state index contributed by atoms with van der Waals surface area (Å²) >= 11 is 0. The molecule has 0 unspecified atom stereocenters. The molecule has 1 N–H and O–H groups in total. The Labute approximate surface area is 158 Å². The summed E-state index contributed by atoms with van der Waals surface area (Å²) in [7, 11) is 3.19. The Morgan fingerprint density at radius 3 is 2.63 bits per heavy atom. The van der Waals surface area contributed by atoms with E-state index in [4.69, 9.17) is 14.2 Å². The first kappa shape index (κ1) is 18.8. The van der Waals surface area contributed by atoms with Crippen LogP contribution in [0.1, 0.15) is 18.4 Å². The van der Waals surface area contributed by atoms with Gasteiger partial charge >= 0.3 is 6.03 Å². The predicted octanol–water partition coefficient (Wildman–Crippen LogP) is 2.25. The molecule has 3 rings (SSSR count). The van der Waals surface area contributed by atoms with Crippen molar-refractivity contribution in [1.82, 2.24) is 20.2 Å². The molecule has 0 spiro atoms. The Bertz CT molecular complexity index is 749. The summed E-state index contributed by atoms with van der Waals surface area (Å²) in [6.45, 7) is 1.72. The van der Waals surface area contributed by atoms with Crippen LogP contribution in [0.2, 0.25) is 0 Å². The average Bonchev–Trinajstić information content (AvgIpc) is 2.73. The number of nitrogens with one attached hydrogen (secondary N) is 1. The summed E-state index contributed by atoms with van der Waals surface area (Å²) < 4.78 is 16.3. The van der Waals surface area contributed by atoms with Gasteiger partial charge < -0.3 is 24.4 Å². The highest BCUT2D eigenvalue weighted by Gasteiger charge is 2.24. The van der Waals surface area contributed by atoms with Crippen molar-refractivity contribution in [1.29, 1.82) is 0 Å². The van der Waals surface area contributed by atoms with Crippen molar-refractivity contribution in [2.75, 3.05) is 27.3 Å². The van der Waals surface area contributed by atoms with Crippen LogP contribution < -0.4 is 19.5 Å². The van der Waals surface area contributed by atoms with Crippen molar-refractivity contribution in [2.45, 2.75) is 25.5 Å². The van der Waals surface area contributed by atoms with E-state index < -0.39 is 0 Å². The van der Waals surface area contributed by atoms with E-state index in [2.05, 4.69) is 15.3 Å². The molecule has 1 fully saturated rings. The minimum absolute atomic E-state index is 0.0646. The number of hydrogen-bond acceptors (Lipinski definition) is 6. The SMILES string of the molecule is COc1ccc(CNC(=O)N2CCC(Oc3ccncn3)CC2)cc1OC. The molecule has 0 aliphatic carbocycles. The number of amides is 2. The maximum atomic E-state index is 12.4. The third-order valence-corrected chi connectivity index (χ3v) is 4.46. The first-order chi connectivity index (χ1) is 13.2. The first-order valence-corrected chi connectivity index (χ1v) is 8.86. The number of aromatic nitrogens is 2. The van der Waals surface area contributed by atoms with Crippen LogP contribution in [0.5, 0.6) is 17.4 Å². The summed E-state index contributed by atoms with van der Waals surface area (Å²) in [5.74, 6) is 1.88. The smallest absolute Gasteiger partial charge is 0.317 e. The second-order valence-electron chi connectivity index (χ2n) is 6.20. The molecule has 1 aliphatic heterocycles. The van der Waals surface area contributed by atoms with E-state index in [0.717, 1.165) is 18.4 Å². The number of rotatable bonds is 6. The zero-order valence-electron chi connectivity index (χ0n) is 15.6. The van der Waals surface area contributed by atoms with E-state index in [9.17, 15) is 4.79 Å². The molecule has 1 aromatic heterocycles. The molecule has 1 aliphatic rings. The minimum Gasteiger partial charge on any atom is -0.493 e. The normalized spacial score (nSPS) is 14.5. The maximum Gasteiger partial charge on any atom is 0.317 e. The number of likely N-dealkylation sites (tertiary alicyclic amines) is 1. The predicted molar refractivity (Wildman–Crippen MR) is 99.0 cm³/mol. The number of urea groups is 1. The van der Waals surface area contributed by atoms with Gasteiger partial charge in [0, 0.05) is 44.7 Å². The summed E-state index contributed by atoms with van der Waals surface area (Å²) in [6, 6.07) is 7.26. The standard InChI is InChI=1S/C19H24N4O4/c1-25-16-4-3-14(11-17(16)26-2)12-21-19(24)23-9-6-15(7-10-23)27-18-5-8-20-13-22-18/h3-5,8,11,13,15H,6-7,9-10,12H2,1-2H3,(H,21,24). The molecule has 0 radical (unpaired) electrons. The highest BCUT2D eigenvalue weighted by molar-refractivity contribution is 5.74. The van der Waals surface area contributed by atoms with Crippen molar-refractivity contribution in [3.63, 3.8) is 0 Å². The van der Waals surface area contributed by atoms with Gasteiger partial charge in [-0.3, -0.25) is 0 Å². The van der Waals surface area contributed by atoms with Crippen LogP contribution in [0.25, 0.3) is 0 Å². The molecule has 2 heterocycles. The van der Waals surface area contributed by atoms with E-state index in [0.29, 0.717) is 37.0 Å². The van der Waals surface area contributed by atoms with Crippen LogP contribution in [0.3, 0.4) is 0 Å². The largest absolute Gasteiger partial charge is 0.493 e. The Morgan fingerprint density at radius 2 is 1.96 bits per heavy atom. The molecule has 144 valence electrons. The molecule has 8 nitrogen and oxygen atoms in total. The number of hydrogen-bond donors (Lipinski definition) is 1. The van der Waals surface area contributed by atoms with Gasteiger partial charge in [-0.15, -0.1) is 0 Å². The number of ether oxygens (including phenoxy) is 3. The number of methoxy groups -OCH3 is 2. The van der Waals surface area contributed by atoms with Gasteiger partial charge in [0.05, 0.1) is 14.2 Å². The molecule has 8 heteroatoms.